The monoisotopic (exact) mass is 377 g/mol. The lowest BCUT2D eigenvalue weighted by Crippen LogP contribution is -2.14. The summed E-state index contributed by atoms with van der Waals surface area (Å²) in [5, 5.41) is 27.3. The number of nitriles is 1. The lowest BCUT2D eigenvalue weighted by molar-refractivity contribution is 0.384. The number of hydrogen-bond acceptors (Lipinski definition) is 6. The molecule has 0 saturated carbocycles. The SMILES string of the molecule is COc1c(N=Nc2c(C#N)c(C(C)(C)C)nn2C)c(C)nn1-c1ccccc1. The van der Waals surface area contributed by atoms with Crippen LogP contribution in [0.3, 0.4) is 0 Å². The summed E-state index contributed by atoms with van der Waals surface area (Å²) in [6.07, 6.45) is 0. The average molecular weight is 377 g/mol. The number of ether oxygens (including phenoxy) is 1. The van der Waals surface area contributed by atoms with Gasteiger partial charge in [0.05, 0.1) is 24.2 Å². The van der Waals surface area contributed by atoms with E-state index < -0.39 is 0 Å². The minimum absolute atomic E-state index is 0.275. The molecule has 28 heavy (non-hydrogen) atoms. The second kappa shape index (κ2) is 7.27. The van der Waals surface area contributed by atoms with E-state index in [9.17, 15) is 5.26 Å². The minimum atomic E-state index is -0.275. The van der Waals surface area contributed by atoms with Gasteiger partial charge in [-0.25, -0.2) is 4.68 Å². The van der Waals surface area contributed by atoms with Gasteiger partial charge in [0.1, 0.15) is 11.6 Å². The van der Waals surface area contributed by atoms with Gasteiger partial charge in [-0.1, -0.05) is 39.0 Å². The van der Waals surface area contributed by atoms with E-state index in [4.69, 9.17) is 4.74 Å². The highest BCUT2D eigenvalue weighted by Crippen LogP contribution is 2.36. The van der Waals surface area contributed by atoms with Crippen LogP contribution < -0.4 is 4.74 Å². The Labute approximate surface area is 164 Å². The number of benzene rings is 1. The number of rotatable bonds is 4. The molecule has 0 radical (unpaired) electrons. The smallest absolute Gasteiger partial charge is 0.245 e. The predicted octanol–water partition coefficient (Wildman–Crippen LogP) is 4.51. The van der Waals surface area contributed by atoms with Crippen molar-refractivity contribution < 1.29 is 4.74 Å². The first-order valence-electron chi connectivity index (χ1n) is 8.86. The normalized spacial score (nSPS) is 11.8. The van der Waals surface area contributed by atoms with Crippen LogP contribution >= 0.6 is 0 Å². The third kappa shape index (κ3) is 3.39. The minimum Gasteiger partial charge on any atom is -0.479 e. The van der Waals surface area contributed by atoms with Gasteiger partial charge in [0, 0.05) is 12.5 Å². The standard InChI is InChI=1S/C20H23N7O/c1-13-16(19(28-6)27(24-13)14-10-8-7-9-11-14)22-23-18-15(12-21)17(20(2,3)4)25-26(18)5/h7-11H,1-6H3. The van der Waals surface area contributed by atoms with Crippen molar-refractivity contribution in [2.75, 3.05) is 7.11 Å². The molecule has 0 amide bonds. The first-order valence-corrected chi connectivity index (χ1v) is 8.86. The van der Waals surface area contributed by atoms with Crippen LogP contribution in [0, 0.1) is 18.3 Å². The number of para-hydroxylation sites is 1. The molecule has 0 N–H and O–H groups in total. The van der Waals surface area contributed by atoms with E-state index in [2.05, 4.69) is 26.5 Å². The molecule has 1 aromatic carbocycles. The van der Waals surface area contributed by atoms with E-state index in [1.54, 1.807) is 23.5 Å². The highest BCUT2D eigenvalue weighted by molar-refractivity contribution is 5.57. The van der Waals surface area contributed by atoms with Crippen molar-refractivity contribution in [1.29, 1.82) is 5.26 Å². The zero-order valence-corrected chi connectivity index (χ0v) is 16.9. The van der Waals surface area contributed by atoms with E-state index in [0.717, 1.165) is 5.69 Å². The maximum Gasteiger partial charge on any atom is 0.245 e. The van der Waals surface area contributed by atoms with Crippen molar-refractivity contribution in [3.05, 3.63) is 47.3 Å². The quantitative estimate of drug-likeness (QED) is 0.625. The molecular formula is C20H23N7O. The van der Waals surface area contributed by atoms with Gasteiger partial charge in [0.25, 0.3) is 0 Å². The average Bonchev–Trinajstić information content (AvgIpc) is 3.16. The van der Waals surface area contributed by atoms with Crippen LogP contribution in [-0.2, 0) is 12.5 Å². The maximum absolute atomic E-state index is 9.64. The number of aromatic nitrogens is 4. The fourth-order valence-corrected chi connectivity index (χ4v) is 2.90. The molecule has 0 aliphatic heterocycles. The summed E-state index contributed by atoms with van der Waals surface area (Å²) in [6, 6.07) is 11.9. The zero-order valence-electron chi connectivity index (χ0n) is 16.9. The van der Waals surface area contributed by atoms with E-state index in [0.29, 0.717) is 34.3 Å². The predicted molar refractivity (Wildman–Crippen MR) is 106 cm³/mol. The second-order valence-corrected chi connectivity index (χ2v) is 7.42. The van der Waals surface area contributed by atoms with Crippen molar-refractivity contribution in [1.82, 2.24) is 19.6 Å². The molecule has 0 bridgehead atoms. The third-order valence-corrected chi connectivity index (χ3v) is 4.27. The van der Waals surface area contributed by atoms with Crippen LogP contribution in [0.4, 0.5) is 11.5 Å². The number of aryl methyl sites for hydroxylation is 2. The highest BCUT2D eigenvalue weighted by Gasteiger charge is 2.26. The Balaban J connectivity index is 2.09. The van der Waals surface area contributed by atoms with Crippen LogP contribution in [0.25, 0.3) is 5.69 Å². The summed E-state index contributed by atoms with van der Waals surface area (Å²) in [6.45, 7) is 7.86. The van der Waals surface area contributed by atoms with Crippen molar-refractivity contribution in [2.45, 2.75) is 33.1 Å². The van der Waals surface area contributed by atoms with Crippen LogP contribution in [0.2, 0.25) is 0 Å². The van der Waals surface area contributed by atoms with Crippen molar-refractivity contribution >= 4 is 11.5 Å². The lowest BCUT2D eigenvalue weighted by Gasteiger charge is -2.14. The largest absolute Gasteiger partial charge is 0.479 e. The first-order chi connectivity index (χ1) is 13.3. The van der Waals surface area contributed by atoms with Crippen molar-refractivity contribution in [3.63, 3.8) is 0 Å². The number of hydrogen-bond donors (Lipinski definition) is 0. The van der Waals surface area contributed by atoms with Gasteiger partial charge < -0.3 is 4.74 Å². The topological polar surface area (TPSA) is 93.4 Å². The molecule has 0 spiro atoms. The molecule has 0 saturated heterocycles. The zero-order chi connectivity index (χ0) is 20.5. The summed E-state index contributed by atoms with van der Waals surface area (Å²) < 4.78 is 8.80. The van der Waals surface area contributed by atoms with Crippen molar-refractivity contribution in [3.8, 4) is 17.6 Å². The first kappa shape index (κ1) is 19.3. The van der Waals surface area contributed by atoms with Crippen LogP contribution in [0.15, 0.2) is 40.6 Å². The molecule has 0 aliphatic carbocycles. The molecule has 0 aliphatic rings. The van der Waals surface area contributed by atoms with Gasteiger partial charge >= 0.3 is 0 Å². The van der Waals surface area contributed by atoms with Gasteiger partial charge in [-0.05, 0) is 19.1 Å². The fourth-order valence-electron chi connectivity index (χ4n) is 2.90. The molecular weight excluding hydrogens is 354 g/mol. The van der Waals surface area contributed by atoms with E-state index in [-0.39, 0.29) is 5.41 Å². The third-order valence-electron chi connectivity index (χ3n) is 4.27. The molecule has 8 nitrogen and oxygen atoms in total. The highest BCUT2D eigenvalue weighted by atomic mass is 16.5. The molecule has 3 aromatic rings. The molecule has 8 heteroatoms. The van der Waals surface area contributed by atoms with E-state index >= 15 is 0 Å². The van der Waals surface area contributed by atoms with Gasteiger partial charge in [-0.2, -0.15) is 20.1 Å². The molecule has 2 aromatic heterocycles. The van der Waals surface area contributed by atoms with Gasteiger partial charge in [0.15, 0.2) is 11.5 Å². The lowest BCUT2D eigenvalue weighted by atomic mass is 9.90. The van der Waals surface area contributed by atoms with Crippen molar-refractivity contribution in [2.24, 2.45) is 17.3 Å². The Bertz CT molecular complexity index is 1060. The fraction of sp³-hybridized carbons (Fsp3) is 0.350. The molecule has 0 fully saturated rings. The Kier molecular flexibility index (Phi) is 5.01. The summed E-state index contributed by atoms with van der Waals surface area (Å²) in [5.74, 6) is 0.880. The summed E-state index contributed by atoms with van der Waals surface area (Å²) in [7, 11) is 3.32. The number of nitrogens with zero attached hydrogens (tertiary/aromatic N) is 7. The molecule has 0 unspecified atom stereocenters. The van der Waals surface area contributed by atoms with Gasteiger partial charge in [0.2, 0.25) is 5.88 Å². The second-order valence-electron chi connectivity index (χ2n) is 7.42. The number of azo groups is 1. The molecule has 3 rings (SSSR count). The summed E-state index contributed by atoms with van der Waals surface area (Å²) >= 11 is 0. The van der Waals surface area contributed by atoms with E-state index in [1.165, 1.54) is 0 Å². The van der Waals surface area contributed by atoms with Crippen LogP contribution in [-0.4, -0.2) is 26.7 Å². The van der Waals surface area contributed by atoms with Crippen LogP contribution in [0.5, 0.6) is 5.88 Å². The van der Waals surface area contributed by atoms with Crippen LogP contribution in [0.1, 0.15) is 37.7 Å². The Hall–Kier alpha value is -3.47. The molecule has 2 heterocycles. The summed E-state index contributed by atoms with van der Waals surface area (Å²) in [4.78, 5) is 0. The maximum atomic E-state index is 9.64. The Morgan fingerprint density at radius 2 is 1.79 bits per heavy atom. The molecule has 144 valence electrons. The molecule has 0 atom stereocenters. The number of methoxy groups -OCH3 is 1. The van der Waals surface area contributed by atoms with Gasteiger partial charge in [-0.3, -0.25) is 0 Å². The Morgan fingerprint density at radius 1 is 1.11 bits per heavy atom. The summed E-state index contributed by atoms with van der Waals surface area (Å²) in [5.41, 5.74) is 2.87. The Morgan fingerprint density at radius 3 is 2.36 bits per heavy atom. The van der Waals surface area contributed by atoms with Gasteiger partial charge in [-0.15, -0.1) is 10.2 Å². The van der Waals surface area contributed by atoms with E-state index in [1.807, 2.05) is 58.0 Å².